The van der Waals surface area contributed by atoms with E-state index in [0.717, 1.165) is 17.9 Å². The molecule has 0 bridgehead atoms. The summed E-state index contributed by atoms with van der Waals surface area (Å²) < 4.78 is 5.05. The summed E-state index contributed by atoms with van der Waals surface area (Å²) in [7, 11) is 1.68. The minimum atomic E-state index is 0.575. The van der Waals surface area contributed by atoms with Gasteiger partial charge in [0.2, 0.25) is 0 Å². The second kappa shape index (κ2) is 5.93. The zero-order valence-corrected chi connectivity index (χ0v) is 10.3. The molecule has 2 rings (SSSR count). The quantitative estimate of drug-likeness (QED) is 0.600. The van der Waals surface area contributed by atoms with Crippen molar-refractivity contribution in [2.24, 2.45) is 5.84 Å². The number of hydrazine groups is 1. The third-order valence-corrected chi connectivity index (χ3v) is 3.24. The number of nitrogens with one attached hydrogen (secondary N) is 1. The van der Waals surface area contributed by atoms with Crippen molar-refractivity contribution in [1.82, 2.24) is 9.97 Å². The van der Waals surface area contributed by atoms with E-state index in [-0.39, 0.29) is 0 Å². The summed E-state index contributed by atoms with van der Waals surface area (Å²) in [6.07, 6.45) is 5.78. The van der Waals surface area contributed by atoms with Gasteiger partial charge in [-0.1, -0.05) is 12.8 Å². The number of ether oxygens (including phenoxy) is 1. The third kappa shape index (κ3) is 3.14. The number of nitrogens with zero attached hydrogens (tertiary/aromatic N) is 2. The predicted octanol–water partition coefficient (Wildman–Crippen LogP) is 1.61. The fraction of sp³-hybridized carbons (Fsp3) is 0.667. The smallest absolute Gasteiger partial charge is 0.143 e. The van der Waals surface area contributed by atoms with Crippen molar-refractivity contribution in [3.8, 4) is 0 Å². The predicted molar refractivity (Wildman–Crippen MR) is 66.6 cm³/mol. The van der Waals surface area contributed by atoms with E-state index in [1.54, 1.807) is 7.11 Å². The Bertz CT molecular complexity index is 364. The molecule has 1 aromatic heterocycles. The average Bonchev–Trinajstić information content (AvgIpc) is 2.89. The molecule has 3 N–H and O–H groups in total. The molecule has 0 saturated heterocycles. The number of aromatic nitrogens is 2. The standard InChI is InChI=1S/C12H20N4O/c1-17-7-6-11-14-10(8-12(15-11)16-13)9-4-2-3-5-9/h8-9H,2-7,13H2,1H3,(H,14,15,16). The van der Waals surface area contributed by atoms with Crippen LogP contribution in [0.1, 0.15) is 43.1 Å². The van der Waals surface area contributed by atoms with Crippen LogP contribution in [0.15, 0.2) is 6.07 Å². The van der Waals surface area contributed by atoms with Crippen LogP contribution in [0.5, 0.6) is 0 Å². The molecular weight excluding hydrogens is 216 g/mol. The van der Waals surface area contributed by atoms with Crippen molar-refractivity contribution < 1.29 is 4.74 Å². The number of methoxy groups -OCH3 is 1. The zero-order chi connectivity index (χ0) is 12.1. The first-order valence-electron chi connectivity index (χ1n) is 6.17. The van der Waals surface area contributed by atoms with Crippen LogP contribution < -0.4 is 11.3 Å². The van der Waals surface area contributed by atoms with Gasteiger partial charge in [-0.15, -0.1) is 0 Å². The molecule has 1 aliphatic rings. The highest BCUT2D eigenvalue weighted by molar-refractivity contribution is 5.35. The van der Waals surface area contributed by atoms with Crippen LogP contribution in [0.25, 0.3) is 0 Å². The summed E-state index contributed by atoms with van der Waals surface area (Å²) in [5, 5.41) is 0. The fourth-order valence-electron chi connectivity index (χ4n) is 2.33. The molecule has 5 nitrogen and oxygen atoms in total. The molecule has 1 aromatic rings. The van der Waals surface area contributed by atoms with Crippen molar-refractivity contribution in [1.29, 1.82) is 0 Å². The molecule has 0 aliphatic heterocycles. The highest BCUT2D eigenvalue weighted by Crippen LogP contribution is 2.33. The summed E-state index contributed by atoms with van der Waals surface area (Å²) >= 11 is 0. The lowest BCUT2D eigenvalue weighted by Crippen LogP contribution is -2.13. The first-order chi connectivity index (χ1) is 8.33. The Morgan fingerprint density at radius 1 is 1.41 bits per heavy atom. The topological polar surface area (TPSA) is 73.1 Å². The Kier molecular flexibility index (Phi) is 4.28. The first kappa shape index (κ1) is 12.3. The van der Waals surface area contributed by atoms with Gasteiger partial charge in [-0.05, 0) is 12.8 Å². The SMILES string of the molecule is COCCc1nc(NN)cc(C2CCCC2)n1. The molecule has 1 fully saturated rings. The van der Waals surface area contributed by atoms with E-state index in [2.05, 4.69) is 15.4 Å². The number of nitrogen functional groups attached to an aromatic ring is 1. The summed E-state index contributed by atoms with van der Waals surface area (Å²) in [4.78, 5) is 8.95. The molecule has 1 heterocycles. The first-order valence-corrected chi connectivity index (χ1v) is 6.17. The molecule has 0 amide bonds. The van der Waals surface area contributed by atoms with Crippen LogP contribution in [0, 0.1) is 0 Å². The Labute approximate surface area is 102 Å². The Hall–Kier alpha value is -1.20. The van der Waals surface area contributed by atoms with Gasteiger partial charge in [-0.3, -0.25) is 0 Å². The van der Waals surface area contributed by atoms with Crippen LogP contribution in [-0.4, -0.2) is 23.7 Å². The largest absolute Gasteiger partial charge is 0.384 e. The van der Waals surface area contributed by atoms with Crippen molar-refractivity contribution in [3.05, 3.63) is 17.6 Å². The minimum Gasteiger partial charge on any atom is -0.384 e. The highest BCUT2D eigenvalue weighted by atomic mass is 16.5. The lowest BCUT2D eigenvalue weighted by atomic mass is 10.0. The second-order valence-electron chi connectivity index (χ2n) is 4.46. The van der Waals surface area contributed by atoms with Gasteiger partial charge in [0.15, 0.2) is 0 Å². The van der Waals surface area contributed by atoms with E-state index < -0.39 is 0 Å². The lowest BCUT2D eigenvalue weighted by Gasteiger charge is -2.12. The van der Waals surface area contributed by atoms with Crippen molar-refractivity contribution in [3.63, 3.8) is 0 Å². The summed E-state index contributed by atoms with van der Waals surface area (Å²) in [5.41, 5.74) is 3.74. The molecule has 17 heavy (non-hydrogen) atoms. The molecule has 0 unspecified atom stereocenters. The van der Waals surface area contributed by atoms with Crippen LogP contribution in [0.3, 0.4) is 0 Å². The fourth-order valence-corrected chi connectivity index (χ4v) is 2.33. The molecule has 0 aromatic carbocycles. The lowest BCUT2D eigenvalue weighted by molar-refractivity contribution is 0.200. The van der Waals surface area contributed by atoms with Gasteiger partial charge in [0, 0.05) is 31.2 Å². The van der Waals surface area contributed by atoms with Crippen molar-refractivity contribution in [2.75, 3.05) is 19.1 Å². The van der Waals surface area contributed by atoms with Crippen molar-refractivity contribution in [2.45, 2.75) is 38.0 Å². The van der Waals surface area contributed by atoms with Gasteiger partial charge in [0.25, 0.3) is 0 Å². The number of hydrogen-bond donors (Lipinski definition) is 2. The van der Waals surface area contributed by atoms with Crippen molar-refractivity contribution >= 4 is 5.82 Å². The third-order valence-electron chi connectivity index (χ3n) is 3.24. The molecule has 1 saturated carbocycles. The maximum atomic E-state index is 5.44. The maximum Gasteiger partial charge on any atom is 0.143 e. The van der Waals surface area contributed by atoms with E-state index in [0.29, 0.717) is 18.3 Å². The summed E-state index contributed by atoms with van der Waals surface area (Å²) in [6.45, 7) is 0.637. The van der Waals surface area contributed by atoms with Gasteiger partial charge in [0.05, 0.1) is 6.61 Å². The van der Waals surface area contributed by atoms with E-state index in [4.69, 9.17) is 10.6 Å². The summed E-state index contributed by atoms with van der Waals surface area (Å²) in [6, 6.07) is 1.96. The van der Waals surface area contributed by atoms with E-state index in [1.165, 1.54) is 25.7 Å². The monoisotopic (exact) mass is 236 g/mol. The highest BCUT2D eigenvalue weighted by Gasteiger charge is 2.19. The van der Waals surface area contributed by atoms with Gasteiger partial charge >= 0.3 is 0 Å². The average molecular weight is 236 g/mol. The Morgan fingerprint density at radius 3 is 2.82 bits per heavy atom. The van der Waals surface area contributed by atoms with Crippen LogP contribution >= 0.6 is 0 Å². The van der Waals surface area contributed by atoms with E-state index in [1.807, 2.05) is 6.07 Å². The molecule has 1 aliphatic carbocycles. The molecule has 0 radical (unpaired) electrons. The number of nitrogens with two attached hydrogens (primary N) is 1. The Balaban J connectivity index is 2.18. The van der Waals surface area contributed by atoms with Gasteiger partial charge in [-0.2, -0.15) is 0 Å². The normalized spacial score (nSPS) is 16.4. The molecular formula is C12H20N4O. The minimum absolute atomic E-state index is 0.575. The van der Waals surface area contributed by atoms with Crippen LogP contribution in [0.2, 0.25) is 0 Å². The number of anilines is 1. The summed E-state index contributed by atoms with van der Waals surface area (Å²) in [5.74, 6) is 7.53. The Morgan fingerprint density at radius 2 is 2.18 bits per heavy atom. The van der Waals surface area contributed by atoms with Gasteiger partial charge < -0.3 is 10.2 Å². The zero-order valence-electron chi connectivity index (χ0n) is 10.3. The maximum absolute atomic E-state index is 5.44. The molecule has 0 spiro atoms. The number of hydrogen-bond acceptors (Lipinski definition) is 5. The van der Waals surface area contributed by atoms with Crippen LogP contribution in [-0.2, 0) is 11.2 Å². The molecule has 5 heteroatoms. The van der Waals surface area contributed by atoms with E-state index in [9.17, 15) is 0 Å². The molecule has 94 valence electrons. The van der Waals surface area contributed by atoms with Gasteiger partial charge in [-0.25, -0.2) is 15.8 Å². The number of rotatable bonds is 5. The molecule has 0 atom stereocenters. The second-order valence-corrected chi connectivity index (χ2v) is 4.46. The van der Waals surface area contributed by atoms with Crippen LogP contribution in [0.4, 0.5) is 5.82 Å². The van der Waals surface area contributed by atoms with E-state index >= 15 is 0 Å². The van der Waals surface area contributed by atoms with Gasteiger partial charge in [0.1, 0.15) is 11.6 Å².